The Morgan fingerprint density at radius 3 is 2.76 bits per heavy atom. The van der Waals surface area contributed by atoms with Crippen LogP contribution in [0.1, 0.15) is 20.1 Å². The maximum Gasteiger partial charge on any atom is 0.332 e. The lowest BCUT2D eigenvalue weighted by Gasteiger charge is -2.27. The number of carboxylic acid groups (broad SMARTS) is 1. The topological polar surface area (TPSA) is 214 Å². The molecule has 1 saturated heterocycles. The van der Waals surface area contributed by atoms with E-state index in [0.717, 1.165) is 4.83 Å². The fraction of sp³-hybridized carbons (Fsp3) is 0.429. The van der Waals surface area contributed by atoms with E-state index in [-0.39, 0.29) is 29.6 Å². The Balaban J connectivity index is 1.60. The molecule has 1 aliphatic rings. The van der Waals surface area contributed by atoms with Gasteiger partial charge < -0.3 is 35.4 Å². The van der Waals surface area contributed by atoms with E-state index < -0.39 is 44.1 Å². The highest BCUT2D eigenvalue weighted by Gasteiger charge is 2.54. The molecule has 1 aliphatic heterocycles. The van der Waals surface area contributed by atoms with Gasteiger partial charge in [0.1, 0.15) is 30.1 Å². The molecule has 1 aromatic carbocycles. The van der Waals surface area contributed by atoms with Gasteiger partial charge in [0.2, 0.25) is 11.8 Å². The van der Waals surface area contributed by atoms with Gasteiger partial charge in [-0.15, -0.1) is 0 Å². The van der Waals surface area contributed by atoms with Crippen molar-refractivity contribution >= 4 is 36.9 Å². The second kappa shape index (κ2) is 10.5. The highest BCUT2D eigenvalue weighted by Crippen LogP contribution is 2.41. The molecular weight excluding hydrogens is 509 g/mol. The number of nitrogens with zero attached hydrogens (tertiary/aromatic N) is 6. The lowest BCUT2D eigenvalue weighted by atomic mass is 9.96. The molecule has 16 heteroatoms. The monoisotopic (exact) mass is 535 g/mol. The molecule has 6 atom stereocenters. The van der Waals surface area contributed by atoms with Crippen molar-refractivity contribution in [3.63, 3.8) is 0 Å². The Morgan fingerprint density at radius 1 is 1.41 bits per heavy atom. The van der Waals surface area contributed by atoms with Crippen LogP contribution in [0.15, 0.2) is 41.4 Å². The van der Waals surface area contributed by atoms with Crippen LogP contribution < -0.4 is 20.2 Å². The molecule has 0 spiro atoms. The second-order valence-electron chi connectivity index (χ2n) is 8.40. The number of nitrogen functional groups attached to an aromatic ring is 1. The third-order valence-electron chi connectivity index (χ3n) is 5.73. The van der Waals surface area contributed by atoms with E-state index in [4.69, 9.17) is 25.2 Å². The number of aliphatic hydroxyl groups is 2. The standard InChI is InChI=1S/C21H26N7O8P/c1-11(18(30)31)26-37(33)28(12-7-5-4-6-8-12)35-9-13-15(29)21(2,32)19(36-13)27-10-23-14-16(27)24-20(22)25-17(14)34-3/h4-8,10-11,13,15,19,29,32H,9H2,1-3H3,(H,30,31)(H2,22,24,25)/t11?,13-,15-,19-,21-/m1/s1. The number of aliphatic carboxylic acids is 1. The number of fused-ring (bicyclic) bond motifs is 1. The Hall–Kier alpha value is -3.46. The van der Waals surface area contributed by atoms with Gasteiger partial charge in [-0.3, -0.25) is 4.57 Å². The van der Waals surface area contributed by atoms with Gasteiger partial charge in [-0.1, -0.05) is 27.8 Å². The van der Waals surface area contributed by atoms with Crippen molar-refractivity contribution in [1.82, 2.24) is 19.5 Å². The van der Waals surface area contributed by atoms with Crippen molar-refractivity contribution in [3.05, 3.63) is 36.7 Å². The SMILES string of the molecule is COc1nc(N)nc2c1ncn2[C@@H]1O[C@H](CON(c2ccccc2)/[P+]([O-])=N/C(C)C(=O)O)[C@@H](O)[C@@]1(C)O. The predicted octanol–water partition coefficient (Wildman–Crippen LogP) is 0.193. The van der Waals surface area contributed by atoms with Crippen LogP contribution >= 0.6 is 8.09 Å². The van der Waals surface area contributed by atoms with Gasteiger partial charge in [0, 0.05) is 0 Å². The summed E-state index contributed by atoms with van der Waals surface area (Å²) in [6.07, 6.45) is -2.39. The normalized spacial score (nSPS) is 24.8. The fourth-order valence-electron chi connectivity index (χ4n) is 3.77. The summed E-state index contributed by atoms with van der Waals surface area (Å²) < 4.78 is 16.3. The predicted molar refractivity (Wildman–Crippen MR) is 128 cm³/mol. The average Bonchev–Trinajstić information content (AvgIpc) is 3.37. The molecule has 0 saturated carbocycles. The van der Waals surface area contributed by atoms with Gasteiger partial charge in [0.05, 0.1) is 13.4 Å². The second-order valence-corrected chi connectivity index (χ2v) is 9.50. The number of para-hydroxylation sites is 1. The van der Waals surface area contributed by atoms with Gasteiger partial charge in [-0.05, 0) is 26.0 Å². The van der Waals surface area contributed by atoms with E-state index in [1.807, 2.05) is 0 Å². The third-order valence-corrected chi connectivity index (χ3v) is 6.93. The number of rotatable bonds is 9. The summed E-state index contributed by atoms with van der Waals surface area (Å²) in [5, 5.41) is 31.2. The van der Waals surface area contributed by atoms with Gasteiger partial charge in [0.15, 0.2) is 23.4 Å². The van der Waals surface area contributed by atoms with E-state index in [2.05, 4.69) is 19.7 Å². The van der Waals surface area contributed by atoms with Crippen LogP contribution in [0, 0.1) is 0 Å². The van der Waals surface area contributed by atoms with Crippen LogP contribution in [-0.4, -0.2) is 78.4 Å². The van der Waals surface area contributed by atoms with Gasteiger partial charge in [-0.2, -0.15) is 9.97 Å². The van der Waals surface area contributed by atoms with Gasteiger partial charge >= 0.3 is 14.1 Å². The van der Waals surface area contributed by atoms with Crippen molar-refractivity contribution in [2.24, 2.45) is 4.74 Å². The minimum Gasteiger partial charge on any atom is -0.588 e. The molecule has 0 radical (unpaired) electrons. The first kappa shape index (κ1) is 26.6. The van der Waals surface area contributed by atoms with Crippen LogP contribution in [0.4, 0.5) is 11.6 Å². The molecule has 5 N–H and O–H groups in total. The molecule has 3 aromatic rings. The lowest BCUT2D eigenvalue weighted by molar-refractivity contribution is -0.164. The lowest BCUT2D eigenvalue weighted by Crippen LogP contribution is -2.44. The summed E-state index contributed by atoms with van der Waals surface area (Å²) in [7, 11) is -1.29. The van der Waals surface area contributed by atoms with Crippen molar-refractivity contribution < 1.29 is 39.3 Å². The quantitative estimate of drug-likeness (QED) is 0.213. The van der Waals surface area contributed by atoms with E-state index in [9.17, 15) is 19.9 Å². The first-order chi connectivity index (χ1) is 17.5. The van der Waals surface area contributed by atoms with Crippen LogP contribution in [0.25, 0.3) is 11.2 Å². The Kier molecular flexibility index (Phi) is 7.54. The van der Waals surface area contributed by atoms with Crippen molar-refractivity contribution in [2.45, 2.75) is 43.9 Å². The molecule has 2 aromatic heterocycles. The molecule has 0 aliphatic carbocycles. The summed E-state index contributed by atoms with van der Waals surface area (Å²) in [5.74, 6) is -1.22. The minimum absolute atomic E-state index is 0.0918. The molecule has 37 heavy (non-hydrogen) atoms. The molecular formula is C21H26N7O8P. The van der Waals surface area contributed by atoms with Crippen molar-refractivity contribution in [1.29, 1.82) is 0 Å². The Bertz CT molecular complexity index is 1300. The zero-order valence-electron chi connectivity index (χ0n) is 20.1. The number of carboxylic acids is 1. The van der Waals surface area contributed by atoms with E-state index >= 15 is 0 Å². The van der Waals surface area contributed by atoms with E-state index in [1.165, 1.54) is 31.9 Å². The summed E-state index contributed by atoms with van der Waals surface area (Å²) in [6, 6.07) is 7.00. The summed E-state index contributed by atoms with van der Waals surface area (Å²) in [6.45, 7) is 2.29. The molecule has 4 rings (SSSR count). The maximum atomic E-state index is 12.9. The van der Waals surface area contributed by atoms with E-state index in [0.29, 0.717) is 5.69 Å². The molecule has 198 valence electrons. The number of imidazole rings is 1. The number of aromatic nitrogens is 4. The first-order valence-electron chi connectivity index (χ1n) is 11.0. The van der Waals surface area contributed by atoms with Crippen LogP contribution in [-0.2, 0) is 14.4 Å². The average molecular weight is 535 g/mol. The highest BCUT2D eigenvalue weighted by atomic mass is 31.1. The third kappa shape index (κ3) is 5.18. The molecule has 2 unspecified atom stereocenters. The molecule has 0 amide bonds. The summed E-state index contributed by atoms with van der Waals surface area (Å²) >= 11 is 0. The molecule has 3 heterocycles. The highest BCUT2D eigenvalue weighted by molar-refractivity contribution is 7.41. The van der Waals surface area contributed by atoms with Gasteiger partial charge in [0.25, 0.3) is 0 Å². The molecule has 1 fully saturated rings. The number of methoxy groups -OCH3 is 1. The largest absolute Gasteiger partial charge is 0.588 e. The number of anilines is 2. The maximum absolute atomic E-state index is 12.9. The number of hydrogen-bond acceptors (Lipinski definition) is 12. The van der Waals surface area contributed by atoms with Crippen LogP contribution in [0.5, 0.6) is 5.88 Å². The fourth-order valence-corrected chi connectivity index (χ4v) is 4.75. The van der Waals surface area contributed by atoms with Crippen LogP contribution in [0.3, 0.4) is 0 Å². The summed E-state index contributed by atoms with van der Waals surface area (Å²) in [4.78, 5) is 43.1. The number of benzene rings is 1. The number of carbonyl (C=O) groups is 1. The number of aliphatic hydroxyl groups excluding tert-OH is 1. The number of nitrogens with two attached hydrogens (primary N) is 1. The zero-order chi connectivity index (χ0) is 26.9. The summed E-state index contributed by atoms with van der Waals surface area (Å²) in [5.41, 5.74) is 4.75. The van der Waals surface area contributed by atoms with Gasteiger partial charge in [-0.25, -0.2) is 14.6 Å². The Labute approximate surface area is 211 Å². The van der Waals surface area contributed by atoms with Crippen molar-refractivity contribution in [2.75, 3.05) is 24.3 Å². The van der Waals surface area contributed by atoms with Crippen LogP contribution in [0.2, 0.25) is 0 Å². The zero-order valence-corrected chi connectivity index (χ0v) is 21.0. The molecule has 0 bridgehead atoms. The van der Waals surface area contributed by atoms with E-state index in [1.54, 1.807) is 30.3 Å². The number of ether oxygens (including phenoxy) is 2. The Morgan fingerprint density at radius 2 is 2.11 bits per heavy atom. The first-order valence-corrected chi connectivity index (χ1v) is 12.2. The molecule has 15 nitrogen and oxygen atoms in total. The smallest absolute Gasteiger partial charge is 0.332 e. The van der Waals surface area contributed by atoms with Crippen molar-refractivity contribution in [3.8, 4) is 5.88 Å². The number of hydrogen-bond donors (Lipinski definition) is 4. The minimum atomic E-state index is -2.68.